The number of aromatic nitrogens is 1. The SMILES string of the molecule is CCSC1CCCC1NC(=O)c1cc(N)cnc1C. The number of carbonyl (C=O) groups excluding carboxylic acids is 1. The smallest absolute Gasteiger partial charge is 0.253 e. The lowest BCUT2D eigenvalue weighted by molar-refractivity contribution is 0.0937. The number of hydrogen-bond acceptors (Lipinski definition) is 4. The average Bonchev–Trinajstić information content (AvgIpc) is 2.80. The predicted molar refractivity (Wildman–Crippen MR) is 80.4 cm³/mol. The molecular formula is C14H21N3OS. The van der Waals surface area contributed by atoms with Crippen LogP contribution in [0.15, 0.2) is 12.3 Å². The minimum absolute atomic E-state index is 0.0501. The summed E-state index contributed by atoms with van der Waals surface area (Å²) in [6.45, 7) is 4.00. The number of nitrogen functional groups attached to an aromatic ring is 1. The molecule has 1 fully saturated rings. The Bertz CT molecular complexity index is 464. The molecule has 1 aliphatic carbocycles. The fraction of sp³-hybridized carbons (Fsp3) is 0.571. The molecule has 1 aromatic heterocycles. The second-order valence-corrected chi connectivity index (χ2v) is 6.42. The van der Waals surface area contributed by atoms with Crippen LogP contribution < -0.4 is 11.1 Å². The lowest BCUT2D eigenvalue weighted by Gasteiger charge is -2.20. The van der Waals surface area contributed by atoms with Crippen molar-refractivity contribution in [3.63, 3.8) is 0 Å². The molecule has 2 rings (SSSR count). The Labute approximate surface area is 118 Å². The number of anilines is 1. The molecule has 0 saturated heterocycles. The van der Waals surface area contributed by atoms with E-state index < -0.39 is 0 Å². The molecule has 5 heteroatoms. The normalized spacial score (nSPS) is 22.4. The van der Waals surface area contributed by atoms with Crippen LogP contribution in [-0.2, 0) is 0 Å². The largest absolute Gasteiger partial charge is 0.397 e. The van der Waals surface area contributed by atoms with Crippen LogP contribution in [0.1, 0.15) is 42.2 Å². The first-order valence-electron chi connectivity index (χ1n) is 6.76. The number of nitrogens with zero attached hydrogens (tertiary/aromatic N) is 1. The predicted octanol–water partition coefficient (Wildman–Crippen LogP) is 2.38. The third-order valence-corrected chi connectivity index (χ3v) is 4.83. The summed E-state index contributed by atoms with van der Waals surface area (Å²) < 4.78 is 0. The summed E-state index contributed by atoms with van der Waals surface area (Å²) in [5.74, 6) is 1.04. The molecule has 0 radical (unpaired) electrons. The van der Waals surface area contributed by atoms with Crippen LogP contribution in [0.4, 0.5) is 5.69 Å². The van der Waals surface area contributed by atoms with Crippen molar-refractivity contribution in [2.24, 2.45) is 0 Å². The zero-order valence-electron chi connectivity index (χ0n) is 11.5. The Morgan fingerprint density at radius 1 is 1.58 bits per heavy atom. The fourth-order valence-corrected chi connectivity index (χ4v) is 3.73. The van der Waals surface area contributed by atoms with Crippen LogP contribution in [0, 0.1) is 6.92 Å². The van der Waals surface area contributed by atoms with Crippen molar-refractivity contribution in [3.8, 4) is 0 Å². The van der Waals surface area contributed by atoms with E-state index in [0.29, 0.717) is 16.5 Å². The molecule has 2 unspecified atom stereocenters. The first kappa shape index (κ1) is 14.2. The molecule has 1 heterocycles. The Balaban J connectivity index is 2.06. The Kier molecular flexibility index (Phi) is 4.69. The lowest BCUT2D eigenvalue weighted by atomic mass is 10.1. The van der Waals surface area contributed by atoms with E-state index in [1.165, 1.54) is 12.8 Å². The van der Waals surface area contributed by atoms with Crippen molar-refractivity contribution >= 4 is 23.4 Å². The minimum Gasteiger partial charge on any atom is -0.397 e. The van der Waals surface area contributed by atoms with Crippen molar-refractivity contribution in [1.82, 2.24) is 10.3 Å². The highest BCUT2D eigenvalue weighted by Crippen LogP contribution is 2.30. The van der Waals surface area contributed by atoms with E-state index in [4.69, 9.17) is 5.73 Å². The van der Waals surface area contributed by atoms with Crippen molar-refractivity contribution < 1.29 is 4.79 Å². The van der Waals surface area contributed by atoms with E-state index in [2.05, 4.69) is 17.2 Å². The first-order valence-corrected chi connectivity index (χ1v) is 7.81. The highest BCUT2D eigenvalue weighted by molar-refractivity contribution is 7.99. The van der Waals surface area contributed by atoms with Gasteiger partial charge in [-0.25, -0.2) is 0 Å². The number of nitrogens with two attached hydrogens (primary N) is 1. The monoisotopic (exact) mass is 279 g/mol. The second kappa shape index (κ2) is 6.28. The van der Waals surface area contributed by atoms with Gasteiger partial charge in [0.05, 0.1) is 23.1 Å². The highest BCUT2D eigenvalue weighted by Gasteiger charge is 2.29. The van der Waals surface area contributed by atoms with Crippen molar-refractivity contribution in [1.29, 1.82) is 0 Å². The molecular weight excluding hydrogens is 258 g/mol. The number of aryl methyl sites for hydroxylation is 1. The molecule has 2 atom stereocenters. The summed E-state index contributed by atoms with van der Waals surface area (Å²) in [5, 5.41) is 3.69. The molecule has 3 N–H and O–H groups in total. The summed E-state index contributed by atoms with van der Waals surface area (Å²) in [6.07, 6.45) is 5.03. The Morgan fingerprint density at radius 3 is 3.11 bits per heavy atom. The van der Waals surface area contributed by atoms with Gasteiger partial charge in [-0.2, -0.15) is 11.8 Å². The van der Waals surface area contributed by atoms with Gasteiger partial charge in [0.2, 0.25) is 0 Å². The number of amides is 1. The van der Waals surface area contributed by atoms with Crippen LogP contribution in [-0.4, -0.2) is 27.9 Å². The third kappa shape index (κ3) is 3.41. The maximum Gasteiger partial charge on any atom is 0.253 e. The molecule has 0 bridgehead atoms. The molecule has 1 aliphatic rings. The van der Waals surface area contributed by atoms with E-state index in [-0.39, 0.29) is 11.9 Å². The van der Waals surface area contributed by atoms with Crippen LogP contribution in [0.25, 0.3) is 0 Å². The van der Waals surface area contributed by atoms with Gasteiger partial charge in [0, 0.05) is 11.3 Å². The molecule has 0 aliphatic heterocycles. The zero-order chi connectivity index (χ0) is 13.8. The molecule has 0 spiro atoms. The molecule has 0 aromatic carbocycles. The minimum atomic E-state index is -0.0501. The van der Waals surface area contributed by atoms with E-state index in [1.807, 2.05) is 18.7 Å². The summed E-state index contributed by atoms with van der Waals surface area (Å²) in [7, 11) is 0. The van der Waals surface area contributed by atoms with Gasteiger partial charge in [-0.05, 0) is 31.6 Å². The summed E-state index contributed by atoms with van der Waals surface area (Å²) in [5.41, 5.74) is 7.55. The van der Waals surface area contributed by atoms with E-state index in [0.717, 1.165) is 17.9 Å². The second-order valence-electron chi connectivity index (χ2n) is 4.91. The van der Waals surface area contributed by atoms with Gasteiger partial charge in [-0.15, -0.1) is 0 Å². The first-order chi connectivity index (χ1) is 9.11. The molecule has 1 saturated carbocycles. The number of nitrogens with one attached hydrogen (secondary N) is 1. The molecule has 19 heavy (non-hydrogen) atoms. The van der Waals surface area contributed by atoms with Gasteiger partial charge in [-0.3, -0.25) is 9.78 Å². The van der Waals surface area contributed by atoms with Gasteiger partial charge < -0.3 is 11.1 Å². The van der Waals surface area contributed by atoms with Gasteiger partial charge >= 0.3 is 0 Å². The van der Waals surface area contributed by atoms with Gasteiger partial charge in [0.15, 0.2) is 0 Å². The fourth-order valence-electron chi connectivity index (χ4n) is 2.53. The number of rotatable bonds is 4. The standard InChI is InChI=1S/C14H21N3OS/c1-3-19-13-6-4-5-12(13)17-14(18)11-7-10(15)8-16-9(11)2/h7-8,12-13H,3-6,15H2,1-2H3,(H,17,18). The molecule has 4 nitrogen and oxygen atoms in total. The van der Waals surface area contributed by atoms with Gasteiger partial charge in [0.25, 0.3) is 5.91 Å². The van der Waals surface area contributed by atoms with E-state index in [1.54, 1.807) is 12.3 Å². The quantitative estimate of drug-likeness (QED) is 0.888. The number of pyridine rings is 1. The number of hydrogen-bond donors (Lipinski definition) is 2. The summed E-state index contributed by atoms with van der Waals surface area (Å²) >= 11 is 1.94. The molecule has 1 amide bonds. The summed E-state index contributed by atoms with van der Waals surface area (Å²) in [4.78, 5) is 16.4. The number of carbonyl (C=O) groups is 1. The van der Waals surface area contributed by atoms with Crippen molar-refractivity contribution in [2.45, 2.75) is 44.4 Å². The van der Waals surface area contributed by atoms with Gasteiger partial charge in [-0.1, -0.05) is 13.3 Å². The molecule has 104 valence electrons. The van der Waals surface area contributed by atoms with Crippen molar-refractivity contribution in [3.05, 3.63) is 23.5 Å². The third-order valence-electron chi connectivity index (χ3n) is 3.50. The number of thioether (sulfide) groups is 1. The molecule has 1 aromatic rings. The topological polar surface area (TPSA) is 68.0 Å². The van der Waals surface area contributed by atoms with Crippen LogP contribution >= 0.6 is 11.8 Å². The van der Waals surface area contributed by atoms with Crippen LogP contribution in [0.3, 0.4) is 0 Å². The lowest BCUT2D eigenvalue weighted by Crippen LogP contribution is -2.39. The van der Waals surface area contributed by atoms with Gasteiger partial charge in [0.1, 0.15) is 0 Å². The highest BCUT2D eigenvalue weighted by atomic mass is 32.2. The zero-order valence-corrected chi connectivity index (χ0v) is 12.3. The van der Waals surface area contributed by atoms with E-state index >= 15 is 0 Å². The van der Waals surface area contributed by atoms with E-state index in [9.17, 15) is 4.79 Å². The van der Waals surface area contributed by atoms with Crippen molar-refractivity contribution in [2.75, 3.05) is 11.5 Å². The maximum absolute atomic E-state index is 12.3. The Hall–Kier alpha value is -1.23. The van der Waals surface area contributed by atoms with Crippen LogP contribution in [0.2, 0.25) is 0 Å². The average molecular weight is 279 g/mol. The summed E-state index contributed by atoms with van der Waals surface area (Å²) in [6, 6.07) is 1.98. The Morgan fingerprint density at radius 2 is 2.37 bits per heavy atom. The maximum atomic E-state index is 12.3. The van der Waals surface area contributed by atoms with Crippen LogP contribution in [0.5, 0.6) is 0 Å².